The number of hydrogen-bond acceptors (Lipinski definition) is 4. The topological polar surface area (TPSA) is 80.0 Å². The molecule has 1 N–H and O–H groups in total. The van der Waals surface area contributed by atoms with E-state index in [0.29, 0.717) is 5.76 Å². The Morgan fingerprint density at radius 2 is 2.38 bits per heavy atom. The molecule has 1 aromatic rings. The molecule has 2 rings (SSSR count). The van der Waals surface area contributed by atoms with Gasteiger partial charge in [-0.25, -0.2) is 9.59 Å². The maximum Gasteiger partial charge on any atom is 0.411 e. The van der Waals surface area contributed by atoms with E-state index in [1.54, 1.807) is 19.1 Å². The van der Waals surface area contributed by atoms with Gasteiger partial charge in [-0.3, -0.25) is 4.90 Å². The van der Waals surface area contributed by atoms with Crippen molar-refractivity contribution in [1.82, 2.24) is 4.90 Å². The van der Waals surface area contributed by atoms with Crippen molar-refractivity contribution in [2.24, 2.45) is 0 Å². The summed E-state index contributed by atoms with van der Waals surface area (Å²) in [5.74, 6) is -0.554. The molecule has 0 aliphatic carbocycles. The zero-order valence-corrected chi connectivity index (χ0v) is 8.62. The van der Waals surface area contributed by atoms with E-state index in [9.17, 15) is 9.59 Å². The summed E-state index contributed by atoms with van der Waals surface area (Å²) in [5.41, 5.74) is 0. The van der Waals surface area contributed by atoms with Crippen LogP contribution in [0.15, 0.2) is 22.8 Å². The van der Waals surface area contributed by atoms with E-state index in [4.69, 9.17) is 14.3 Å². The molecule has 1 aromatic heterocycles. The fourth-order valence-corrected chi connectivity index (χ4v) is 1.73. The quantitative estimate of drug-likeness (QED) is 0.832. The standard InChI is InChI=1S/C10H11NO5/c1-6-8(9(12)13)11(10(14)16-6)5-7-3-2-4-15-7/h2-4,6,8H,5H2,1H3,(H,12,13). The lowest BCUT2D eigenvalue weighted by atomic mass is 10.2. The summed E-state index contributed by atoms with van der Waals surface area (Å²) in [6.45, 7) is 1.66. The highest BCUT2D eigenvalue weighted by Crippen LogP contribution is 2.22. The largest absolute Gasteiger partial charge is 0.480 e. The summed E-state index contributed by atoms with van der Waals surface area (Å²) in [4.78, 5) is 23.6. The Morgan fingerprint density at radius 1 is 1.62 bits per heavy atom. The van der Waals surface area contributed by atoms with E-state index in [-0.39, 0.29) is 6.54 Å². The van der Waals surface area contributed by atoms with Crippen LogP contribution in [0.25, 0.3) is 0 Å². The highest BCUT2D eigenvalue weighted by molar-refractivity contribution is 5.83. The third-order valence-electron chi connectivity index (χ3n) is 2.46. The van der Waals surface area contributed by atoms with Crippen molar-refractivity contribution in [2.75, 3.05) is 0 Å². The Labute approximate surface area is 91.4 Å². The lowest BCUT2D eigenvalue weighted by Crippen LogP contribution is -2.41. The Balaban J connectivity index is 2.17. The number of nitrogens with zero attached hydrogens (tertiary/aromatic N) is 1. The average molecular weight is 225 g/mol. The van der Waals surface area contributed by atoms with Gasteiger partial charge in [0.15, 0.2) is 6.04 Å². The van der Waals surface area contributed by atoms with Gasteiger partial charge in [-0.05, 0) is 19.1 Å². The summed E-state index contributed by atoms with van der Waals surface area (Å²) in [6, 6.07) is 2.39. The van der Waals surface area contributed by atoms with Gasteiger partial charge < -0.3 is 14.3 Å². The molecule has 86 valence electrons. The molecule has 0 spiro atoms. The number of carboxylic acid groups (broad SMARTS) is 1. The maximum absolute atomic E-state index is 11.4. The third kappa shape index (κ3) is 1.73. The molecule has 1 aliphatic heterocycles. The minimum atomic E-state index is -1.08. The van der Waals surface area contributed by atoms with Crippen LogP contribution in [0.1, 0.15) is 12.7 Å². The molecule has 1 fully saturated rings. The van der Waals surface area contributed by atoms with Crippen molar-refractivity contribution >= 4 is 12.1 Å². The van der Waals surface area contributed by atoms with E-state index < -0.39 is 24.2 Å². The van der Waals surface area contributed by atoms with Crippen molar-refractivity contribution in [3.63, 3.8) is 0 Å². The molecule has 2 heterocycles. The number of carboxylic acids is 1. The molecular formula is C10H11NO5. The highest BCUT2D eigenvalue weighted by atomic mass is 16.6. The second-order valence-electron chi connectivity index (χ2n) is 3.58. The highest BCUT2D eigenvalue weighted by Gasteiger charge is 2.44. The van der Waals surface area contributed by atoms with Crippen LogP contribution in [0.2, 0.25) is 0 Å². The van der Waals surface area contributed by atoms with Crippen LogP contribution in [0.3, 0.4) is 0 Å². The lowest BCUT2D eigenvalue weighted by Gasteiger charge is -2.17. The van der Waals surface area contributed by atoms with Gasteiger partial charge in [0, 0.05) is 0 Å². The maximum atomic E-state index is 11.4. The fourth-order valence-electron chi connectivity index (χ4n) is 1.73. The molecule has 1 saturated heterocycles. The molecular weight excluding hydrogens is 214 g/mol. The predicted molar refractivity (Wildman–Crippen MR) is 51.6 cm³/mol. The molecule has 6 nitrogen and oxygen atoms in total. The van der Waals surface area contributed by atoms with Gasteiger partial charge in [0.25, 0.3) is 0 Å². The van der Waals surface area contributed by atoms with Crippen molar-refractivity contribution < 1.29 is 23.8 Å². The van der Waals surface area contributed by atoms with E-state index in [1.165, 1.54) is 6.26 Å². The number of rotatable bonds is 3. The van der Waals surface area contributed by atoms with Gasteiger partial charge in [-0.1, -0.05) is 0 Å². The van der Waals surface area contributed by atoms with Crippen LogP contribution >= 0.6 is 0 Å². The van der Waals surface area contributed by atoms with Crippen molar-refractivity contribution in [3.05, 3.63) is 24.2 Å². The first kappa shape index (κ1) is 10.5. The Morgan fingerprint density at radius 3 is 2.94 bits per heavy atom. The van der Waals surface area contributed by atoms with Crippen molar-refractivity contribution in [3.8, 4) is 0 Å². The molecule has 16 heavy (non-hydrogen) atoms. The van der Waals surface area contributed by atoms with Crippen LogP contribution in [-0.2, 0) is 16.1 Å². The first-order valence-corrected chi connectivity index (χ1v) is 4.82. The van der Waals surface area contributed by atoms with Crippen LogP contribution in [0.4, 0.5) is 4.79 Å². The minimum absolute atomic E-state index is 0.104. The molecule has 0 saturated carbocycles. The second-order valence-corrected chi connectivity index (χ2v) is 3.58. The third-order valence-corrected chi connectivity index (χ3v) is 2.46. The number of cyclic esters (lactones) is 1. The van der Waals surface area contributed by atoms with Crippen LogP contribution in [0.5, 0.6) is 0 Å². The number of hydrogen-bond donors (Lipinski definition) is 1. The first-order chi connectivity index (χ1) is 7.59. The van der Waals surface area contributed by atoms with Gasteiger partial charge in [0.05, 0.1) is 12.8 Å². The average Bonchev–Trinajstić information content (AvgIpc) is 2.76. The Hall–Kier alpha value is -1.98. The molecule has 0 aromatic carbocycles. The number of carbonyl (C=O) groups is 2. The van der Waals surface area contributed by atoms with Gasteiger partial charge >= 0.3 is 12.1 Å². The molecule has 1 amide bonds. The molecule has 2 atom stereocenters. The molecule has 0 bridgehead atoms. The zero-order valence-electron chi connectivity index (χ0n) is 8.62. The number of ether oxygens (including phenoxy) is 1. The number of furan rings is 1. The van der Waals surface area contributed by atoms with Crippen LogP contribution in [0, 0.1) is 0 Å². The normalized spacial score (nSPS) is 24.6. The number of amides is 1. The van der Waals surface area contributed by atoms with E-state index in [0.717, 1.165) is 4.90 Å². The van der Waals surface area contributed by atoms with Crippen molar-refractivity contribution in [1.29, 1.82) is 0 Å². The zero-order chi connectivity index (χ0) is 11.7. The van der Waals surface area contributed by atoms with Gasteiger partial charge in [-0.2, -0.15) is 0 Å². The second kappa shape index (κ2) is 3.88. The van der Waals surface area contributed by atoms with Gasteiger partial charge in [0.2, 0.25) is 0 Å². The van der Waals surface area contributed by atoms with E-state index >= 15 is 0 Å². The van der Waals surface area contributed by atoms with Gasteiger partial charge in [-0.15, -0.1) is 0 Å². The first-order valence-electron chi connectivity index (χ1n) is 4.82. The fraction of sp³-hybridized carbons (Fsp3) is 0.400. The molecule has 1 aliphatic rings. The lowest BCUT2D eigenvalue weighted by molar-refractivity contribution is -0.142. The van der Waals surface area contributed by atoms with E-state index in [2.05, 4.69) is 0 Å². The summed E-state index contributed by atoms with van der Waals surface area (Å²) < 4.78 is 9.93. The number of carbonyl (C=O) groups excluding carboxylic acids is 1. The molecule has 2 unspecified atom stereocenters. The minimum Gasteiger partial charge on any atom is -0.480 e. The Kier molecular flexibility index (Phi) is 2.55. The van der Waals surface area contributed by atoms with Crippen molar-refractivity contribution in [2.45, 2.75) is 25.6 Å². The van der Waals surface area contributed by atoms with Crippen LogP contribution in [-0.4, -0.2) is 34.2 Å². The molecule has 6 heteroatoms. The summed E-state index contributed by atoms with van der Waals surface area (Å²) in [7, 11) is 0. The van der Waals surface area contributed by atoms with Gasteiger partial charge in [0.1, 0.15) is 11.9 Å². The summed E-state index contributed by atoms with van der Waals surface area (Å²) in [5, 5.41) is 9.00. The SMILES string of the molecule is CC1OC(=O)N(Cc2ccco2)C1C(=O)O. The predicted octanol–water partition coefficient (Wildman–Crippen LogP) is 1.07. The van der Waals surface area contributed by atoms with E-state index in [1.807, 2.05) is 0 Å². The Bertz CT molecular complexity index is 399. The monoisotopic (exact) mass is 225 g/mol. The summed E-state index contributed by atoms with van der Waals surface area (Å²) in [6.07, 6.45) is 0.187. The molecule has 0 radical (unpaired) electrons. The summed E-state index contributed by atoms with van der Waals surface area (Å²) >= 11 is 0. The number of aliphatic carboxylic acids is 1. The smallest absolute Gasteiger partial charge is 0.411 e. The van der Waals surface area contributed by atoms with Crippen LogP contribution < -0.4 is 0 Å².